The molecular formula is C21H22F3N3OS. The molecule has 0 unspecified atom stereocenters. The monoisotopic (exact) mass is 421 g/mol. The quantitative estimate of drug-likeness (QED) is 0.477. The fraction of sp³-hybridized carbons (Fsp3) is 0.238. The predicted octanol–water partition coefficient (Wildman–Crippen LogP) is 6.02. The average Bonchev–Trinajstić information content (AvgIpc) is 2.74. The average molecular weight is 421 g/mol. The molecule has 154 valence electrons. The standard InChI is InChI=1S/C19H16F3N3OS.C2H6/c20-19(21,22)14-3-5-15(6-4-14)25-18-17(23-9-10-24-18)13-1-7-16(8-2-13)27-12-11-26;1-2/h1-10,26H,11-12H2,(H,24,25);1-2H3. The Morgan fingerprint density at radius 3 is 2.14 bits per heavy atom. The van der Waals surface area contributed by atoms with E-state index in [0.717, 1.165) is 22.6 Å². The van der Waals surface area contributed by atoms with Gasteiger partial charge in [0.25, 0.3) is 0 Å². The van der Waals surface area contributed by atoms with Crippen LogP contribution in [-0.4, -0.2) is 27.4 Å². The van der Waals surface area contributed by atoms with Crippen molar-refractivity contribution in [3.8, 4) is 11.3 Å². The van der Waals surface area contributed by atoms with Crippen molar-refractivity contribution in [2.75, 3.05) is 17.7 Å². The smallest absolute Gasteiger partial charge is 0.396 e. The summed E-state index contributed by atoms with van der Waals surface area (Å²) in [5.74, 6) is 1.07. The lowest BCUT2D eigenvalue weighted by atomic mass is 10.1. The van der Waals surface area contributed by atoms with Gasteiger partial charge in [-0.2, -0.15) is 13.2 Å². The third kappa shape index (κ3) is 6.47. The number of aromatic nitrogens is 2. The van der Waals surface area contributed by atoms with Crippen molar-refractivity contribution < 1.29 is 18.3 Å². The van der Waals surface area contributed by atoms with Crippen molar-refractivity contribution in [2.45, 2.75) is 24.9 Å². The van der Waals surface area contributed by atoms with Crippen LogP contribution >= 0.6 is 11.8 Å². The van der Waals surface area contributed by atoms with Gasteiger partial charge in [0.05, 0.1) is 12.2 Å². The third-order valence-corrected chi connectivity index (χ3v) is 4.65. The number of nitrogens with one attached hydrogen (secondary N) is 1. The van der Waals surface area contributed by atoms with Crippen molar-refractivity contribution in [3.63, 3.8) is 0 Å². The van der Waals surface area contributed by atoms with E-state index in [-0.39, 0.29) is 6.61 Å². The normalized spacial score (nSPS) is 10.8. The summed E-state index contributed by atoms with van der Waals surface area (Å²) in [7, 11) is 0. The molecule has 0 aliphatic carbocycles. The van der Waals surface area contributed by atoms with E-state index in [9.17, 15) is 13.2 Å². The number of hydrogen-bond donors (Lipinski definition) is 2. The largest absolute Gasteiger partial charge is 0.416 e. The number of alkyl halides is 3. The van der Waals surface area contributed by atoms with Gasteiger partial charge in [-0.1, -0.05) is 26.0 Å². The maximum atomic E-state index is 12.7. The van der Waals surface area contributed by atoms with Gasteiger partial charge in [0, 0.05) is 34.3 Å². The lowest BCUT2D eigenvalue weighted by molar-refractivity contribution is -0.137. The van der Waals surface area contributed by atoms with Crippen LogP contribution in [0.1, 0.15) is 19.4 Å². The zero-order chi connectivity index (χ0) is 21.3. The first-order valence-corrected chi connectivity index (χ1v) is 10.1. The Balaban J connectivity index is 0.00000145. The SMILES string of the molecule is CC.OCCSc1ccc(-c2nccnc2Nc2ccc(C(F)(F)F)cc2)cc1. The molecule has 3 rings (SSSR count). The molecule has 1 aromatic heterocycles. The molecule has 29 heavy (non-hydrogen) atoms. The Kier molecular flexibility index (Phi) is 8.48. The number of hydrogen-bond acceptors (Lipinski definition) is 5. The molecule has 0 bridgehead atoms. The van der Waals surface area contributed by atoms with Gasteiger partial charge in [-0.05, 0) is 36.4 Å². The summed E-state index contributed by atoms with van der Waals surface area (Å²) in [6.45, 7) is 4.11. The van der Waals surface area contributed by atoms with E-state index in [1.807, 2.05) is 38.1 Å². The van der Waals surface area contributed by atoms with Crippen molar-refractivity contribution >= 4 is 23.3 Å². The second-order valence-corrected chi connectivity index (χ2v) is 6.72. The van der Waals surface area contributed by atoms with Crippen LogP contribution in [0, 0.1) is 0 Å². The molecule has 2 N–H and O–H groups in total. The van der Waals surface area contributed by atoms with Gasteiger partial charge in [-0.15, -0.1) is 11.8 Å². The van der Waals surface area contributed by atoms with Crippen LogP contribution in [0.25, 0.3) is 11.3 Å². The summed E-state index contributed by atoms with van der Waals surface area (Å²) >= 11 is 1.54. The van der Waals surface area contributed by atoms with Crippen molar-refractivity contribution in [1.29, 1.82) is 0 Å². The minimum atomic E-state index is -4.37. The lowest BCUT2D eigenvalue weighted by Gasteiger charge is -2.12. The molecule has 3 aromatic rings. The van der Waals surface area contributed by atoms with Gasteiger partial charge >= 0.3 is 6.18 Å². The number of rotatable bonds is 6. The molecule has 0 atom stereocenters. The minimum absolute atomic E-state index is 0.109. The highest BCUT2D eigenvalue weighted by Crippen LogP contribution is 2.32. The second-order valence-electron chi connectivity index (χ2n) is 5.55. The first-order valence-electron chi connectivity index (χ1n) is 9.07. The van der Waals surface area contributed by atoms with Gasteiger partial charge in [-0.3, -0.25) is 4.98 Å². The van der Waals surface area contributed by atoms with E-state index in [1.54, 1.807) is 18.0 Å². The predicted molar refractivity (Wildman–Crippen MR) is 111 cm³/mol. The molecule has 0 saturated carbocycles. The number of nitrogens with zero attached hydrogens (tertiary/aromatic N) is 2. The number of aliphatic hydroxyl groups is 1. The highest BCUT2D eigenvalue weighted by Gasteiger charge is 2.29. The molecule has 1 heterocycles. The molecule has 4 nitrogen and oxygen atoms in total. The van der Waals surface area contributed by atoms with Gasteiger partial charge in [0.2, 0.25) is 0 Å². The number of benzene rings is 2. The molecule has 2 aromatic carbocycles. The first kappa shape index (κ1) is 22.7. The Bertz CT molecular complexity index is 885. The van der Waals surface area contributed by atoms with Gasteiger partial charge < -0.3 is 10.4 Å². The molecule has 0 radical (unpaired) electrons. The number of aliphatic hydroxyl groups excluding tert-OH is 1. The van der Waals surface area contributed by atoms with E-state index >= 15 is 0 Å². The summed E-state index contributed by atoms with van der Waals surface area (Å²) in [6.07, 6.45) is -1.30. The maximum absolute atomic E-state index is 12.7. The molecule has 0 fully saturated rings. The van der Waals surface area contributed by atoms with Crippen LogP contribution in [0.3, 0.4) is 0 Å². The van der Waals surface area contributed by atoms with Crippen LogP contribution < -0.4 is 5.32 Å². The van der Waals surface area contributed by atoms with E-state index in [2.05, 4.69) is 15.3 Å². The van der Waals surface area contributed by atoms with Crippen LogP contribution in [0.5, 0.6) is 0 Å². The molecular weight excluding hydrogens is 399 g/mol. The Morgan fingerprint density at radius 2 is 1.55 bits per heavy atom. The van der Waals surface area contributed by atoms with E-state index in [1.165, 1.54) is 18.3 Å². The fourth-order valence-corrected chi connectivity index (χ4v) is 3.05. The van der Waals surface area contributed by atoms with E-state index in [4.69, 9.17) is 5.11 Å². The Hall–Kier alpha value is -2.58. The van der Waals surface area contributed by atoms with Gasteiger partial charge in [0.15, 0.2) is 5.82 Å². The van der Waals surface area contributed by atoms with Crippen LogP contribution in [0.4, 0.5) is 24.7 Å². The minimum Gasteiger partial charge on any atom is -0.396 e. The third-order valence-electron chi connectivity index (χ3n) is 3.66. The van der Waals surface area contributed by atoms with Crippen molar-refractivity contribution in [1.82, 2.24) is 9.97 Å². The molecule has 0 aliphatic heterocycles. The molecule has 0 saturated heterocycles. The lowest BCUT2D eigenvalue weighted by Crippen LogP contribution is -2.05. The van der Waals surface area contributed by atoms with E-state index in [0.29, 0.717) is 23.0 Å². The number of halogens is 3. The fourth-order valence-electron chi connectivity index (χ4n) is 2.39. The Morgan fingerprint density at radius 1 is 0.931 bits per heavy atom. The summed E-state index contributed by atoms with van der Waals surface area (Å²) in [6, 6.07) is 12.4. The first-order chi connectivity index (χ1) is 14.0. The Labute approximate surface area is 172 Å². The zero-order valence-electron chi connectivity index (χ0n) is 16.1. The zero-order valence-corrected chi connectivity index (χ0v) is 16.9. The van der Waals surface area contributed by atoms with E-state index < -0.39 is 11.7 Å². The summed E-state index contributed by atoms with van der Waals surface area (Å²) in [5.41, 5.74) is 1.20. The number of anilines is 2. The maximum Gasteiger partial charge on any atom is 0.416 e. The van der Waals surface area contributed by atoms with Crippen molar-refractivity contribution in [3.05, 3.63) is 66.5 Å². The van der Waals surface area contributed by atoms with Crippen LogP contribution in [-0.2, 0) is 6.18 Å². The summed E-state index contributed by atoms with van der Waals surface area (Å²) < 4.78 is 38.1. The molecule has 0 spiro atoms. The second kappa shape index (κ2) is 10.8. The van der Waals surface area contributed by atoms with Crippen molar-refractivity contribution in [2.24, 2.45) is 0 Å². The van der Waals surface area contributed by atoms with Crippen LogP contribution in [0.15, 0.2) is 65.8 Å². The topological polar surface area (TPSA) is 58.0 Å². The molecule has 0 amide bonds. The van der Waals surface area contributed by atoms with Crippen LogP contribution in [0.2, 0.25) is 0 Å². The molecule has 0 aliphatic rings. The van der Waals surface area contributed by atoms with Gasteiger partial charge in [-0.25, -0.2) is 4.98 Å². The highest BCUT2D eigenvalue weighted by molar-refractivity contribution is 7.99. The number of thioether (sulfide) groups is 1. The summed E-state index contributed by atoms with van der Waals surface area (Å²) in [5, 5.41) is 11.9. The summed E-state index contributed by atoms with van der Waals surface area (Å²) in [4.78, 5) is 9.62. The molecule has 8 heteroatoms. The highest BCUT2D eigenvalue weighted by atomic mass is 32.2. The van der Waals surface area contributed by atoms with Gasteiger partial charge in [0.1, 0.15) is 5.69 Å².